The van der Waals surface area contributed by atoms with E-state index in [4.69, 9.17) is 11.6 Å². The van der Waals surface area contributed by atoms with Gasteiger partial charge in [0.2, 0.25) is 5.91 Å². The SMILES string of the molecule is C[C@H](NC(=O)[C@H]1C[C@@H](O)CN1)c1ccc(Cl)cc1. The van der Waals surface area contributed by atoms with Gasteiger partial charge in [-0.05, 0) is 31.0 Å². The van der Waals surface area contributed by atoms with Gasteiger partial charge in [0.05, 0.1) is 18.2 Å². The van der Waals surface area contributed by atoms with Gasteiger partial charge in [-0.25, -0.2) is 0 Å². The Morgan fingerprint density at radius 3 is 2.72 bits per heavy atom. The van der Waals surface area contributed by atoms with Crippen LogP contribution in [0.5, 0.6) is 0 Å². The number of nitrogens with one attached hydrogen (secondary N) is 2. The molecule has 3 N–H and O–H groups in total. The number of hydrogen-bond acceptors (Lipinski definition) is 3. The Hall–Kier alpha value is -1.10. The summed E-state index contributed by atoms with van der Waals surface area (Å²) in [6, 6.07) is 7.02. The predicted octanol–water partition coefficient (Wildman–Crippen LogP) is 1.24. The Kier molecular flexibility index (Phi) is 4.22. The first kappa shape index (κ1) is 13.3. The van der Waals surface area contributed by atoms with Crippen molar-refractivity contribution in [1.82, 2.24) is 10.6 Å². The van der Waals surface area contributed by atoms with E-state index in [-0.39, 0.29) is 18.0 Å². The molecule has 1 aliphatic rings. The summed E-state index contributed by atoms with van der Waals surface area (Å²) in [6.45, 7) is 2.40. The number of carbonyl (C=O) groups excluding carboxylic acids is 1. The molecule has 4 nitrogen and oxygen atoms in total. The summed E-state index contributed by atoms with van der Waals surface area (Å²) < 4.78 is 0. The van der Waals surface area contributed by atoms with Crippen LogP contribution in [-0.4, -0.2) is 29.7 Å². The molecule has 1 heterocycles. The maximum atomic E-state index is 11.9. The Balaban J connectivity index is 1.92. The van der Waals surface area contributed by atoms with Crippen LogP contribution in [0.3, 0.4) is 0 Å². The van der Waals surface area contributed by atoms with E-state index in [1.165, 1.54) is 0 Å². The van der Waals surface area contributed by atoms with Gasteiger partial charge in [0, 0.05) is 11.6 Å². The van der Waals surface area contributed by atoms with Gasteiger partial charge in [-0.15, -0.1) is 0 Å². The van der Waals surface area contributed by atoms with Crippen LogP contribution < -0.4 is 10.6 Å². The van der Waals surface area contributed by atoms with Gasteiger partial charge >= 0.3 is 0 Å². The molecule has 1 amide bonds. The molecule has 0 radical (unpaired) electrons. The summed E-state index contributed by atoms with van der Waals surface area (Å²) >= 11 is 5.82. The van der Waals surface area contributed by atoms with Crippen LogP contribution in [0, 0.1) is 0 Å². The van der Waals surface area contributed by atoms with E-state index >= 15 is 0 Å². The number of β-amino-alcohol motifs (C(OH)–C–C–N with tert-alkyl or cyclic N) is 1. The number of benzene rings is 1. The van der Waals surface area contributed by atoms with Gasteiger partial charge < -0.3 is 15.7 Å². The molecule has 0 spiro atoms. The average molecular weight is 269 g/mol. The highest BCUT2D eigenvalue weighted by Gasteiger charge is 2.28. The Morgan fingerprint density at radius 2 is 2.17 bits per heavy atom. The molecule has 0 aromatic heterocycles. The Labute approximate surface area is 111 Å². The standard InChI is InChI=1S/C13H17ClN2O2/c1-8(9-2-4-10(14)5-3-9)16-13(18)12-6-11(17)7-15-12/h2-5,8,11-12,15,17H,6-7H2,1H3,(H,16,18)/t8-,11+,12+/m0/s1. The summed E-state index contributed by atoms with van der Waals surface area (Å²) in [5, 5.41) is 16.0. The van der Waals surface area contributed by atoms with E-state index in [9.17, 15) is 9.90 Å². The van der Waals surface area contributed by atoms with Crippen molar-refractivity contribution < 1.29 is 9.90 Å². The van der Waals surface area contributed by atoms with Crippen molar-refractivity contribution in [2.24, 2.45) is 0 Å². The van der Waals surface area contributed by atoms with Crippen LogP contribution in [0.2, 0.25) is 5.02 Å². The number of aliphatic hydroxyl groups excluding tert-OH is 1. The van der Waals surface area contributed by atoms with Crippen molar-refractivity contribution in [3.8, 4) is 0 Å². The van der Waals surface area contributed by atoms with Crippen molar-refractivity contribution in [1.29, 1.82) is 0 Å². The molecule has 98 valence electrons. The number of amides is 1. The molecule has 1 aromatic carbocycles. The fraction of sp³-hybridized carbons (Fsp3) is 0.462. The fourth-order valence-electron chi connectivity index (χ4n) is 2.07. The van der Waals surface area contributed by atoms with E-state index in [0.717, 1.165) is 5.56 Å². The summed E-state index contributed by atoms with van der Waals surface area (Å²) in [5.74, 6) is -0.0750. The second kappa shape index (κ2) is 5.69. The fourth-order valence-corrected chi connectivity index (χ4v) is 2.19. The van der Waals surface area contributed by atoms with E-state index in [0.29, 0.717) is 18.0 Å². The van der Waals surface area contributed by atoms with Crippen molar-refractivity contribution in [2.45, 2.75) is 31.5 Å². The Bertz CT molecular complexity index is 422. The smallest absolute Gasteiger partial charge is 0.237 e. The largest absolute Gasteiger partial charge is 0.392 e. The molecule has 2 rings (SSSR count). The molecule has 1 saturated heterocycles. The molecular formula is C13H17ClN2O2. The van der Waals surface area contributed by atoms with Crippen LogP contribution >= 0.6 is 11.6 Å². The van der Waals surface area contributed by atoms with E-state index in [1.807, 2.05) is 19.1 Å². The highest BCUT2D eigenvalue weighted by atomic mass is 35.5. The monoisotopic (exact) mass is 268 g/mol. The Morgan fingerprint density at radius 1 is 1.50 bits per heavy atom. The zero-order valence-corrected chi connectivity index (χ0v) is 10.9. The van der Waals surface area contributed by atoms with Crippen LogP contribution in [0.15, 0.2) is 24.3 Å². The number of rotatable bonds is 3. The highest BCUT2D eigenvalue weighted by Crippen LogP contribution is 2.16. The lowest BCUT2D eigenvalue weighted by Gasteiger charge is -2.17. The van der Waals surface area contributed by atoms with Crippen LogP contribution in [0.25, 0.3) is 0 Å². The minimum Gasteiger partial charge on any atom is -0.392 e. The topological polar surface area (TPSA) is 61.4 Å². The normalized spacial score (nSPS) is 24.8. The second-order valence-electron chi connectivity index (χ2n) is 4.63. The number of aliphatic hydroxyl groups is 1. The van der Waals surface area contributed by atoms with Crippen molar-refractivity contribution >= 4 is 17.5 Å². The van der Waals surface area contributed by atoms with Crippen molar-refractivity contribution in [2.75, 3.05) is 6.54 Å². The van der Waals surface area contributed by atoms with Gasteiger partial charge in [-0.3, -0.25) is 4.79 Å². The lowest BCUT2D eigenvalue weighted by molar-refractivity contribution is -0.123. The third-order valence-electron chi connectivity index (χ3n) is 3.15. The van der Waals surface area contributed by atoms with Crippen molar-refractivity contribution in [3.05, 3.63) is 34.9 Å². The molecule has 0 aliphatic carbocycles. The quantitative estimate of drug-likeness (QED) is 0.773. The zero-order valence-electron chi connectivity index (χ0n) is 10.2. The van der Waals surface area contributed by atoms with Gasteiger partial charge in [0.15, 0.2) is 0 Å². The summed E-state index contributed by atoms with van der Waals surface area (Å²) in [5.41, 5.74) is 1.01. The molecule has 5 heteroatoms. The lowest BCUT2D eigenvalue weighted by atomic mass is 10.1. The lowest BCUT2D eigenvalue weighted by Crippen LogP contribution is -2.41. The van der Waals surface area contributed by atoms with Gasteiger partial charge in [-0.2, -0.15) is 0 Å². The number of halogens is 1. The first-order chi connectivity index (χ1) is 8.56. The molecule has 0 saturated carbocycles. The predicted molar refractivity (Wildman–Crippen MR) is 70.4 cm³/mol. The second-order valence-corrected chi connectivity index (χ2v) is 5.07. The number of carbonyl (C=O) groups is 1. The molecule has 1 fully saturated rings. The maximum absolute atomic E-state index is 11.9. The minimum atomic E-state index is -0.424. The highest BCUT2D eigenvalue weighted by molar-refractivity contribution is 6.30. The van der Waals surface area contributed by atoms with Crippen LogP contribution in [0.1, 0.15) is 24.9 Å². The molecular weight excluding hydrogens is 252 g/mol. The molecule has 1 aromatic rings. The number of hydrogen-bond donors (Lipinski definition) is 3. The zero-order chi connectivity index (χ0) is 13.1. The summed E-state index contributed by atoms with van der Waals surface area (Å²) in [6.07, 6.45) is 0.0469. The molecule has 1 aliphatic heterocycles. The first-order valence-corrected chi connectivity index (χ1v) is 6.41. The first-order valence-electron chi connectivity index (χ1n) is 6.03. The maximum Gasteiger partial charge on any atom is 0.237 e. The molecule has 18 heavy (non-hydrogen) atoms. The summed E-state index contributed by atoms with van der Waals surface area (Å²) in [7, 11) is 0. The van der Waals surface area contributed by atoms with Crippen LogP contribution in [0.4, 0.5) is 0 Å². The third-order valence-corrected chi connectivity index (χ3v) is 3.40. The minimum absolute atomic E-state index is 0.0747. The van der Waals surface area contributed by atoms with Crippen LogP contribution in [-0.2, 0) is 4.79 Å². The molecule has 0 bridgehead atoms. The van der Waals surface area contributed by atoms with E-state index < -0.39 is 6.10 Å². The molecule has 3 atom stereocenters. The van der Waals surface area contributed by atoms with Gasteiger partial charge in [-0.1, -0.05) is 23.7 Å². The van der Waals surface area contributed by atoms with Gasteiger partial charge in [0.25, 0.3) is 0 Å². The van der Waals surface area contributed by atoms with E-state index in [1.54, 1.807) is 12.1 Å². The van der Waals surface area contributed by atoms with E-state index in [2.05, 4.69) is 10.6 Å². The van der Waals surface area contributed by atoms with Gasteiger partial charge in [0.1, 0.15) is 0 Å². The summed E-state index contributed by atoms with van der Waals surface area (Å²) in [4.78, 5) is 11.9. The third kappa shape index (κ3) is 3.22. The average Bonchev–Trinajstić information content (AvgIpc) is 2.76. The molecule has 0 unspecified atom stereocenters. The van der Waals surface area contributed by atoms with Crippen molar-refractivity contribution in [3.63, 3.8) is 0 Å².